The second-order valence-electron chi connectivity index (χ2n) is 17.0. The predicted octanol–water partition coefficient (Wildman–Crippen LogP) is 16.4. The highest BCUT2D eigenvalue weighted by Gasteiger charge is 2.37. The number of nitrogens with zero attached hydrogens (tertiary/aromatic N) is 3. The molecule has 61 heavy (non-hydrogen) atoms. The fourth-order valence-corrected chi connectivity index (χ4v) is 11.5. The van der Waals surface area contributed by atoms with Crippen LogP contribution in [0, 0.1) is 0 Å². The zero-order chi connectivity index (χ0) is 40.4. The average molecular weight is 798 g/mol. The zero-order valence-corrected chi connectivity index (χ0v) is 34.6. The van der Waals surface area contributed by atoms with E-state index >= 15 is 0 Å². The molecule has 0 saturated heterocycles. The number of para-hydroxylation sites is 2. The van der Waals surface area contributed by atoms with Crippen LogP contribution < -0.4 is 9.80 Å². The van der Waals surface area contributed by atoms with Crippen molar-refractivity contribution in [3.63, 3.8) is 0 Å². The summed E-state index contributed by atoms with van der Waals surface area (Å²) in [5, 5.41) is 5.09. The fourth-order valence-electron chi connectivity index (χ4n) is 10.4. The molecule has 8 bridgehead atoms. The van der Waals surface area contributed by atoms with Crippen molar-refractivity contribution in [2.45, 2.75) is 19.3 Å². The lowest BCUT2D eigenvalue weighted by molar-refractivity contribution is 0.660. The highest BCUT2D eigenvalue weighted by Crippen LogP contribution is 2.53. The molecule has 11 aromatic rings. The van der Waals surface area contributed by atoms with Crippen LogP contribution in [-0.2, 0) is 5.41 Å². The smallest absolute Gasteiger partial charge is 0.0542 e. The molecule has 9 aromatic carbocycles. The van der Waals surface area contributed by atoms with Crippen molar-refractivity contribution < 1.29 is 0 Å². The van der Waals surface area contributed by atoms with Gasteiger partial charge in [0, 0.05) is 76.2 Å². The monoisotopic (exact) mass is 797 g/mol. The first kappa shape index (κ1) is 34.5. The fraction of sp³-hybridized carbons (Fsp3) is 0.0526. The Balaban J connectivity index is 1.05. The Morgan fingerprint density at radius 2 is 0.852 bits per heavy atom. The molecule has 1 aliphatic heterocycles. The summed E-state index contributed by atoms with van der Waals surface area (Å²) in [4.78, 5) is 4.90. The summed E-state index contributed by atoms with van der Waals surface area (Å²) in [6, 6.07) is 74.7. The van der Waals surface area contributed by atoms with Gasteiger partial charge in [-0.3, -0.25) is 0 Å². The van der Waals surface area contributed by atoms with E-state index < -0.39 is 0 Å². The maximum absolute atomic E-state index is 2.45. The van der Waals surface area contributed by atoms with Gasteiger partial charge in [0.15, 0.2) is 0 Å². The van der Waals surface area contributed by atoms with E-state index in [1.807, 2.05) is 11.3 Å². The van der Waals surface area contributed by atoms with Crippen LogP contribution in [0.3, 0.4) is 0 Å². The molecule has 4 heteroatoms. The summed E-state index contributed by atoms with van der Waals surface area (Å²) in [7, 11) is 0. The molecule has 0 amide bonds. The van der Waals surface area contributed by atoms with Crippen LogP contribution in [0.1, 0.15) is 25.0 Å². The lowest BCUT2D eigenvalue weighted by Gasteiger charge is -2.28. The molecule has 3 nitrogen and oxygen atoms in total. The van der Waals surface area contributed by atoms with Crippen LogP contribution in [0.15, 0.2) is 200 Å². The first-order valence-electron chi connectivity index (χ1n) is 21.1. The first-order valence-corrected chi connectivity index (χ1v) is 21.9. The Hall–Kier alpha value is -7.40. The van der Waals surface area contributed by atoms with Gasteiger partial charge in [-0.05, 0) is 137 Å². The largest absolute Gasteiger partial charge is 0.310 e. The summed E-state index contributed by atoms with van der Waals surface area (Å²) in [5.41, 5.74) is 17.8. The van der Waals surface area contributed by atoms with E-state index in [0.29, 0.717) is 0 Å². The third kappa shape index (κ3) is 5.09. The zero-order valence-electron chi connectivity index (χ0n) is 33.8. The molecule has 2 aliphatic rings. The number of fused-ring (bicyclic) bond motifs is 13. The van der Waals surface area contributed by atoms with E-state index in [2.05, 4.69) is 228 Å². The second-order valence-corrected chi connectivity index (χ2v) is 18.1. The summed E-state index contributed by atoms with van der Waals surface area (Å²) < 4.78 is 5.00. The third-order valence-corrected chi connectivity index (χ3v) is 14.4. The van der Waals surface area contributed by atoms with E-state index in [-0.39, 0.29) is 5.41 Å². The van der Waals surface area contributed by atoms with Gasteiger partial charge < -0.3 is 14.4 Å². The van der Waals surface area contributed by atoms with Crippen LogP contribution >= 0.6 is 11.3 Å². The molecule has 2 aromatic heterocycles. The molecule has 0 atom stereocenters. The van der Waals surface area contributed by atoms with Gasteiger partial charge in [-0.1, -0.05) is 111 Å². The lowest BCUT2D eigenvalue weighted by atomic mass is 9.82. The summed E-state index contributed by atoms with van der Waals surface area (Å²) >= 11 is 1.87. The topological polar surface area (TPSA) is 11.4 Å². The van der Waals surface area contributed by atoms with Crippen LogP contribution in [0.4, 0.5) is 34.1 Å². The molecule has 0 N–H and O–H groups in total. The molecule has 288 valence electrons. The Morgan fingerprint density at radius 1 is 0.344 bits per heavy atom. The minimum atomic E-state index is -0.153. The normalized spacial score (nSPS) is 13.8. The highest BCUT2D eigenvalue weighted by atomic mass is 32.1. The van der Waals surface area contributed by atoms with E-state index in [9.17, 15) is 0 Å². The predicted molar refractivity (Wildman–Crippen MR) is 260 cm³/mol. The van der Waals surface area contributed by atoms with E-state index in [1.54, 1.807) is 0 Å². The van der Waals surface area contributed by atoms with Gasteiger partial charge in [-0.25, -0.2) is 0 Å². The Morgan fingerprint density at radius 3 is 1.56 bits per heavy atom. The Bertz CT molecular complexity index is 3590. The molecular formula is C57H39N3S. The summed E-state index contributed by atoms with van der Waals surface area (Å²) in [5.74, 6) is 0. The average Bonchev–Trinajstić information content (AvgIpc) is 3.91. The van der Waals surface area contributed by atoms with E-state index in [1.165, 1.54) is 75.4 Å². The van der Waals surface area contributed by atoms with Crippen LogP contribution in [-0.4, -0.2) is 4.57 Å². The lowest BCUT2D eigenvalue weighted by Crippen LogP contribution is -2.16. The van der Waals surface area contributed by atoms with Gasteiger partial charge in [-0.15, -0.1) is 11.3 Å². The van der Waals surface area contributed by atoms with Crippen LogP contribution in [0.5, 0.6) is 0 Å². The SMILES string of the molecule is CC1(C)c2ccc3cc2-c2cc(ccc21)N(c1ccc2c(c1)c1ccccc1n2-c1ccccc1)c1cccc(c1)-c1cccc(c1)N3c1ccc2c(c1)sc1ccccc12. The number of thiophene rings is 1. The minimum Gasteiger partial charge on any atom is -0.310 e. The van der Waals surface area contributed by atoms with Gasteiger partial charge in [-0.2, -0.15) is 0 Å². The van der Waals surface area contributed by atoms with Gasteiger partial charge in [0.2, 0.25) is 0 Å². The molecule has 0 radical (unpaired) electrons. The second kappa shape index (κ2) is 12.8. The highest BCUT2D eigenvalue weighted by molar-refractivity contribution is 7.25. The van der Waals surface area contributed by atoms with Crippen molar-refractivity contribution in [1.29, 1.82) is 0 Å². The molecule has 3 heterocycles. The van der Waals surface area contributed by atoms with Gasteiger partial charge in [0.05, 0.1) is 11.0 Å². The first-order chi connectivity index (χ1) is 30.0. The standard InChI is InChI=1S/C57H39N3S/c1-57(2)51-27-23-41-32-48(51)49-33-42(24-28-52(49)57)59(44-22-26-47-46-19-7-9-21-55(46)61-56(47)35-44)40-17-11-13-37(31-40)36-12-10-16-39(30-36)58(41)43-25-29-54-50(34-43)45-18-6-8-20-53(45)60(54)38-14-4-3-5-15-38/h3-35H,1-2H3. The molecular weight excluding hydrogens is 759 g/mol. The maximum Gasteiger partial charge on any atom is 0.0542 e. The third-order valence-electron chi connectivity index (χ3n) is 13.3. The number of benzene rings is 9. The van der Waals surface area contributed by atoms with Gasteiger partial charge in [0.25, 0.3) is 0 Å². The van der Waals surface area contributed by atoms with E-state index in [4.69, 9.17) is 0 Å². The molecule has 0 saturated carbocycles. The summed E-state index contributed by atoms with van der Waals surface area (Å²) in [6.07, 6.45) is 0. The van der Waals surface area contributed by atoms with E-state index in [0.717, 1.165) is 39.8 Å². The van der Waals surface area contributed by atoms with Gasteiger partial charge in [0.1, 0.15) is 0 Å². The molecule has 1 aliphatic carbocycles. The Kier molecular flexibility index (Phi) is 7.23. The van der Waals surface area contributed by atoms with Crippen molar-refractivity contribution in [1.82, 2.24) is 4.57 Å². The van der Waals surface area contributed by atoms with Crippen molar-refractivity contribution in [2.75, 3.05) is 9.80 Å². The molecule has 0 unspecified atom stereocenters. The maximum atomic E-state index is 2.45. The summed E-state index contributed by atoms with van der Waals surface area (Å²) in [6.45, 7) is 4.75. The molecule has 0 spiro atoms. The van der Waals surface area contributed by atoms with Crippen molar-refractivity contribution >= 4 is 87.4 Å². The molecule has 13 rings (SSSR count). The Labute approximate surface area is 358 Å². The van der Waals surface area contributed by atoms with Gasteiger partial charge >= 0.3 is 0 Å². The quantitative estimate of drug-likeness (QED) is 0.176. The number of aromatic nitrogens is 1. The number of anilines is 6. The van der Waals surface area contributed by atoms with Crippen LogP contribution in [0.25, 0.3) is 69.9 Å². The van der Waals surface area contributed by atoms with Crippen molar-refractivity contribution in [3.05, 3.63) is 211 Å². The van der Waals surface area contributed by atoms with Crippen molar-refractivity contribution in [2.24, 2.45) is 0 Å². The number of rotatable bonds is 3. The van der Waals surface area contributed by atoms with Crippen molar-refractivity contribution in [3.8, 4) is 27.9 Å². The molecule has 0 fully saturated rings. The number of hydrogen-bond acceptors (Lipinski definition) is 3. The number of hydrogen-bond donors (Lipinski definition) is 0. The minimum absolute atomic E-state index is 0.153. The van der Waals surface area contributed by atoms with Crippen LogP contribution in [0.2, 0.25) is 0 Å².